The fourth-order valence-electron chi connectivity index (χ4n) is 2.55. The number of benzene rings is 1. The van der Waals surface area contributed by atoms with E-state index in [0.717, 1.165) is 11.5 Å². The number of ether oxygens (including phenoxy) is 2. The molecular weight excluding hydrogens is 188 g/mol. The topological polar surface area (TPSA) is 25.1 Å². The molecule has 0 N–H and O–H groups in total. The summed E-state index contributed by atoms with van der Waals surface area (Å²) in [6, 6.07) is 8.40. The van der Waals surface area contributed by atoms with Crippen molar-refractivity contribution in [1.29, 1.82) is 0 Å². The molecule has 1 atom stereocenters. The molecule has 1 spiro atoms. The van der Waals surface area contributed by atoms with Crippen molar-refractivity contribution in [2.45, 2.75) is 5.79 Å². The highest BCUT2D eigenvalue weighted by Crippen LogP contribution is 2.66. The van der Waals surface area contributed by atoms with E-state index in [9.17, 15) is 0 Å². The van der Waals surface area contributed by atoms with Gasteiger partial charge >= 0.3 is 5.79 Å². The average molecular weight is 194 g/mol. The fraction of sp³-hybridized carbons (Fsp3) is 0.0769. The second kappa shape index (κ2) is 1.63. The maximum absolute atomic E-state index is 5.52. The van der Waals surface area contributed by atoms with E-state index in [0.29, 0.717) is 0 Å². The minimum Gasteiger partial charge on any atom is -0.435 e. The van der Waals surface area contributed by atoms with Crippen molar-refractivity contribution >= 4 is 11.6 Å². The molecule has 2 aliphatic heterocycles. The van der Waals surface area contributed by atoms with Crippen LogP contribution in [0.1, 0.15) is 0 Å². The highest BCUT2D eigenvalue weighted by atomic mass is 16.9. The molecule has 5 rings (SSSR count). The molecule has 0 bridgehead atoms. The van der Waals surface area contributed by atoms with Crippen LogP contribution in [0.15, 0.2) is 47.4 Å². The van der Waals surface area contributed by atoms with Crippen LogP contribution in [-0.4, -0.2) is 5.79 Å². The zero-order valence-electron chi connectivity index (χ0n) is 7.78. The van der Waals surface area contributed by atoms with Gasteiger partial charge in [-0.25, -0.2) is 0 Å². The molecule has 1 aromatic rings. The molecule has 0 saturated carbocycles. The summed E-state index contributed by atoms with van der Waals surface area (Å²) in [7, 11) is 0. The Morgan fingerprint density at radius 1 is 0.933 bits per heavy atom. The maximum Gasteiger partial charge on any atom is 0.372 e. The predicted molar refractivity (Wildman–Crippen MR) is 53.6 cm³/mol. The van der Waals surface area contributed by atoms with Crippen molar-refractivity contribution in [2.75, 3.05) is 0 Å². The molecule has 2 heterocycles. The Labute approximate surface area is 85.4 Å². The summed E-state index contributed by atoms with van der Waals surface area (Å²) in [5.74, 6) is 1.59. The minimum atomic E-state index is -0.391. The van der Waals surface area contributed by atoms with Gasteiger partial charge in [-0.3, -0.25) is 0 Å². The van der Waals surface area contributed by atoms with Gasteiger partial charge in [0.1, 0.15) is 0 Å². The van der Waals surface area contributed by atoms with Crippen LogP contribution in [0, 0.1) is 0 Å². The summed E-state index contributed by atoms with van der Waals surface area (Å²) in [6.45, 7) is 0. The van der Waals surface area contributed by atoms with Crippen LogP contribution in [0.25, 0.3) is 11.6 Å². The Morgan fingerprint density at radius 2 is 1.87 bits per heavy atom. The number of epoxide rings is 2. The van der Waals surface area contributed by atoms with Gasteiger partial charge in [0.15, 0.2) is 5.76 Å². The summed E-state index contributed by atoms with van der Waals surface area (Å²) in [4.78, 5) is 0. The molecule has 0 radical (unpaired) electrons. The molecule has 15 heavy (non-hydrogen) atoms. The standard InChI is InChI=1S/C13H6O2/c1-2-4-8-7(3-1)5-10-9(8)6-11-13(14-11)12(10)15-13/h1-6H. The lowest BCUT2D eigenvalue weighted by Gasteiger charge is -1.95. The molecule has 2 nitrogen and oxygen atoms in total. The predicted octanol–water partition coefficient (Wildman–Crippen LogP) is 0.540. The van der Waals surface area contributed by atoms with Gasteiger partial charge in [0.2, 0.25) is 5.76 Å². The summed E-state index contributed by atoms with van der Waals surface area (Å²) >= 11 is 0. The van der Waals surface area contributed by atoms with E-state index in [1.807, 2.05) is 0 Å². The van der Waals surface area contributed by atoms with E-state index in [1.54, 1.807) is 0 Å². The minimum absolute atomic E-state index is 0.391. The van der Waals surface area contributed by atoms with E-state index in [2.05, 4.69) is 36.4 Å². The first-order chi connectivity index (χ1) is 7.38. The molecule has 2 saturated heterocycles. The van der Waals surface area contributed by atoms with Crippen molar-refractivity contribution in [3.8, 4) is 0 Å². The van der Waals surface area contributed by atoms with E-state index >= 15 is 0 Å². The number of fused-ring (bicyclic) bond motifs is 2. The second-order valence-electron chi connectivity index (χ2n) is 4.22. The number of hydrogen-bond donors (Lipinski definition) is 0. The Hall–Kier alpha value is -1.96. The third-order valence-corrected chi connectivity index (χ3v) is 3.40. The van der Waals surface area contributed by atoms with Gasteiger partial charge in [-0.15, -0.1) is 0 Å². The number of allylic oxidation sites excluding steroid dienone is 2. The van der Waals surface area contributed by atoms with E-state index in [4.69, 9.17) is 9.47 Å². The van der Waals surface area contributed by atoms with Gasteiger partial charge in [-0.1, -0.05) is 24.3 Å². The fourth-order valence-corrected chi connectivity index (χ4v) is 2.55. The molecule has 2 heteroatoms. The van der Waals surface area contributed by atoms with Crippen LogP contribution in [-0.2, 0) is 9.47 Å². The second-order valence-corrected chi connectivity index (χ2v) is 4.22. The van der Waals surface area contributed by atoms with Gasteiger partial charge in [-0.05, 0) is 28.2 Å². The van der Waals surface area contributed by atoms with Crippen LogP contribution in [0.4, 0.5) is 0 Å². The van der Waals surface area contributed by atoms with Crippen molar-refractivity contribution in [2.24, 2.45) is 0 Å². The third-order valence-electron chi connectivity index (χ3n) is 3.40. The molecule has 1 unspecified atom stereocenters. The van der Waals surface area contributed by atoms with Crippen LogP contribution >= 0.6 is 0 Å². The Balaban J connectivity index is 2.04. The monoisotopic (exact) mass is 194 g/mol. The van der Waals surface area contributed by atoms with Gasteiger partial charge in [-0.2, -0.15) is 0 Å². The highest BCUT2D eigenvalue weighted by Gasteiger charge is 2.76. The zero-order chi connectivity index (χ0) is 9.62. The molecule has 70 valence electrons. The SMILES string of the molecule is C1=C2OC23OC3=C2C=c3ccccc3=C12. The first-order valence-electron chi connectivity index (χ1n) is 5.05. The van der Waals surface area contributed by atoms with Crippen molar-refractivity contribution in [3.05, 3.63) is 57.9 Å². The summed E-state index contributed by atoms with van der Waals surface area (Å²) in [5, 5.41) is 2.56. The quantitative estimate of drug-likeness (QED) is 0.563. The Kier molecular flexibility index (Phi) is 0.706. The summed E-state index contributed by atoms with van der Waals surface area (Å²) in [6.07, 6.45) is 4.29. The largest absolute Gasteiger partial charge is 0.435 e. The van der Waals surface area contributed by atoms with Crippen LogP contribution in [0.3, 0.4) is 0 Å². The van der Waals surface area contributed by atoms with Gasteiger partial charge in [0.05, 0.1) is 0 Å². The smallest absolute Gasteiger partial charge is 0.372 e. The summed E-state index contributed by atoms with van der Waals surface area (Å²) < 4.78 is 11.0. The lowest BCUT2D eigenvalue weighted by atomic mass is 10.0. The average Bonchev–Trinajstić information content (AvgIpc) is 3.11. The first-order valence-corrected chi connectivity index (χ1v) is 5.05. The van der Waals surface area contributed by atoms with Gasteiger partial charge in [0.25, 0.3) is 0 Å². The van der Waals surface area contributed by atoms with Crippen LogP contribution in [0.2, 0.25) is 0 Å². The molecule has 2 fully saturated rings. The lowest BCUT2D eigenvalue weighted by Crippen LogP contribution is -2.21. The molecule has 2 aliphatic carbocycles. The van der Waals surface area contributed by atoms with Crippen molar-refractivity contribution in [3.63, 3.8) is 0 Å². The van der Waals surface area contributed by atoms with Gasteiger partial charge < -0.3 is 9.47 Å². The molecular formula is C13H6O2. The number of hydrogen-bond acceptors (Lipinski definition) is 2. The Bertz CT molecular complexity index is 721. The van der Waals surface area contributed by atoms with Gasteiger partial charge in [0, 0.05) is 5.57 Å². The number of rotatable bonds is 0. The molecule has 0 amide bonds. The molecule has 0 aromatic heterocycles. The lowest BCUT2D eigenvalue weighted by molar-refractivity contribution is 0.260. The third kappa shape index (κ3) is 0.548. The Morgan fingerprint density at radius 3 is 2.87 bits per heavy atom. The van der Waals surface area contributed by atoms with E-state index < -0.39 is 5.79 Å². The van der Waals surface area contributed by atoms with E-state index in [1.165, 1.54) is 21.6 Å². The van der Waals surface area contributed by atoms with Crippen molar-refractivity contribution < 1.29 is 9.47 Å². The maximum atomic E-state index is 5.52. The molecule has 1 aromatic carbocycles. The van der Waals surface area contributed by atoms with Crippen LogP contribution < -0.4 is 10.4 Å². The summed E-state index contributed by atoms with van der Waals surface area (Å²) in [5.41, 5.74) is 2.46. The normalized spacial score (nSPS) is 31.2. The van der Waals surface area contributed by atoms with E-state index in [-0.39, 0.29) is 0 Å². The highest BCUT2D eigenvalue weighted by molar-refractivity contribution is 5.93. The van der Waals surface area contributed by atoms with Crippen molar-refractivity contribution in [1.82, 2.24) is 0 Å². The first kappa shape index (κ1) is 6.51. The zero-order valence-corrected chi connectivity index (χ0v) is 7.78. The molecule has 4 aliphatic rings. The van der Waals surface area contributed by atoms with Crippen LogP contribution in [0.5, 0.6) is 0 Å².